The maximum Gasteiger partial charge on any atom is 0.121 e. The monoisotopic (exact) mass is 944 g/mol. The van der Waals surface area contributed by atoms with Crippen molar-refractivity contribution in [1.82, 2.24) is 9.97 Å². The summed E-state index contributed by atoms with van der Waals surface area (Å²) in [6.45, 7) is 14.7. The van der Waals surface area contributed by atoms with Crippen molar-refractivity contribution in [1.29, 1.82) is 0 Å². The number of benzene rings is 5. The Morgan fingerprint density at radius 2 is 1.37 bits per heavy atom. The van der Waals surface area contributed by atoms with E-state index in [4.69, 9.17) is 13.5 Å². The largest absolute Gasteiger partial charge is 0.501 e. The van der Waals surface area contributed by atoms with Gasteiger partial charge in [-0.2, -0.15) is 0 Å². The molecule has 5 heteroatoms. The quantitative estimate of drug-likeness (QED) is 0.101. The van der Waals surface area contributed by atoms with Crippen molar-refractivity contribution in [2.45, 2.75) is 72.4 Å². The van der Waals surface area contributed by atoms with E-state index in [1.165, 1.54) is 0 Å². The predicted molar refractivity (Wildman–Crippen MR) is 240 cm³/mol. The first-order valence-corrected chi connectivity index (χ1v) is 23.2. The van der Waals surface area contributed by atoms with Gasteiger partial charge in [0.05, 0.1) is 13.7 Å². The zero-order valence-electron chi connectivity index (χ0n) is 36.9. The maximum atomic E-state index is 8.81. The fourth-order valence-corrected chi connectivity index (χ4v) is 8.65. The summed E-state index contributed by atoms with van der Waals surface area (Å²) in [5, 5.41) is 3.23. The molecule has 3 aromatic heterocycles. The van der Waals surface area contributed by atoms with Crippen molar-refractivity contribution in [3.05, 3.63) is 163 Å². The zero-order chi connectivity index (χ0) is 42.0. The molecule has 0 aliphatic rings. The van der Waals surface area contributed by atoms with Crippen LogP contribution in [0, 0.1) is 18.1 Å². The number of fused-ring (bicyclic) bond motifs is 3. The van der Waals surface area contributed by atoms with Crippen LogP contribution in [0.2, 0.25) is 19.6 Å². The minimum absolute atomic E-state index is 0. The van der Waals surface area contributed by atoms with Crippen molar-refractivity contribution >= 4 is 35.2 Å². The van der Waals surface area contributed by atoms with Gasteiger partial charge in [-0.15, -0.1) is 53.6 Å². The Hall–Kier alpha value is -4.93. The van der Waals surface area contributed by atoms with Crippen molar-refractivity contribution < 1.29 is 28.6 Å². The Kier molecular flexibility index (Phi) is 12.2. The average Bonchev–Trinajstić information content (AvgIpc) is 3.65. The van der Waals surface area contributed by atoms with E-state index in [2.05, 4.69) is 99.1 Å². The molecule has 0 aliphatic carbocycles. The van der Waals surface area contributed by atoms with E-state index < -0.39 is 20.3 Å². The van der Waals surface area contributed by atoms with Crippen molar-refractivity contribution in [2.24, 2.45) is 5.92 Å². The van der Waals surface area contributed by atoms with E-state index in [1.807, 2.05) is 98.9 Å². The molecule has 8 rings (SSSR count). The number of aromatic nitrogens is 2. The molecule has 0 aliphatic heterocycles. The summed E-state index contributed by atoms with van der Waals surface area (Å²) in [4.78, 5) is 9.32. The topological polar surface area (TPSA) is 38.9 Å². The molecule has 0 N–H and O–H groups in total. The summed E-state index contributed by atoms with van der Waals surface area (Å²) in [6.07, 6.45) is 3.81. The van der Waals surface area contributed by atoms with Crippen molar-refractivity contribution in [3.8, 4) is 44.8 Å². The van der Waals surface area contributed by atoms with Crippen LogP contribution in [0.3, 0.4) is 0 Å². The molecule has 5 aromatic carbocycles. The van der Waals surface area contributed by atoms with E-state index >= 15 is 0 Å². The molecule has 0 saturated heterocycles. The molecule has 8 aromatic rings. The van der Waals surface area contributed by atoms with Gasteiger partial charge in [0.1, 0.15) is 5.58 Å². The molecule has 57 heavy (non-hydrogen) atoms. The van der Waals surface area contributed by atoms with Crippen LogP contribution in [-0.2, 0) is 26.5 Å². The van der Waals surface area contributed by atoms with Gasteiger partial charge in [-0.1, -0.05) is 154 Å². The normalized spacial score (nSPS) is 12.7. The van der Waals surface area contributed by atoms with E-state index in [-0.39, 0.29) is 26.0 Å². The Bertz CT molecular complexity index is 2710. The van der Waals surface area contributed by atoms with Gasteiger partial charge in [0.25, 0.3) is 0 Å². The Morgan fingerprint density at radius 1 is 0.702 bits per heavy atom. The average molecular weight is 944 g/mol. The molecule has 0 amide bonds. The molecule has 3 heterocycles. The SMILES string of the molecule is [2H]C(CC)(CC)c1ccnc(-c2[c-]ccc3c2oc2cc(-c4ccccc4)ccc23)c1.[2H]C([2H])(c1cc(-c2[c-]ccc(-c3ccccc3)c2)ncc1[Si](C)(C)C)C(C)C.[Ir]. The Balaban J connectivity index is 0.000000199. The van der Waals surface area contributed by atoms with Crippen LogP contribution in [0.15, 0.2) is 144 Å². The van der Waals surface area contributed by atoms with Gasteiger partial charge in [-0.3, -0.25) is 0 Å². The van der Waals surface area contributed by atoms with Crippen LogP contribution in [0.1, 0.15) is 61.7 Å². The third-order valence-electron chi connectivity index (χ3n) is 10.2. The van der Waals surface area contributed by atoms with E-state index in [9.17, 15) is 0 Å². The molecule has 0 saturated carbocycles. The summed E-state index contributed by atoms with van der Waals surface area (Å²) >= 11 is 0. The molecular weight excluding hydrogens is 889 g/mol. The minimum atomic E-state index is -1.73. The fourth-order valence-electron chi connectivity index (χ4n) is 7.24. The van der Waals surface area contributed by atoms with Gasteiger partial charge >= 0.3 is 0 Å². The molecule has 0 fully saturated rings. The van der Waals surface area contributed by atoms with Gasteiger partial charge in [-0.05, 0) is 76.4 Å². The van der Waals surface area contributed by atoms with E-state index in [0.29, 0.717) is 0 Å². The van der Waals surface area contributed by atoms with Crippen LogP contribution >= 0.6 is 0 Å². The first kappa shape index (κ1) is 37.6. The molecule has 3 nitrogen and oxygen atoms in total. The molecule has 0 bridgehead atoms. The first-order chi connectivity index (χ1) is 28.2. The van der Waals surface area contributed by atoms with Crippen LogP contribution in [0.5, 0.6) is 0 Å². The van der Waals surface area contributed by atoms with Crippen LogP contribution in [0.25, 0.3) is 66.7 Å². The van der Waals surface area contributed by atoms with Gasteiger partial charge in [0, 0.05) is 42.0 Å². The van der Waals surface area contributed by atoms with Gasteiger partial charge in [0.2, 0.25) is 0 Å². The summed E-state index contributed by atoms with van der Waals surface area (Å²) in [6, 6.07) is 49.5. The zero-order valence-corrected chi connectivity index (χ0v) is 37.3. The second-order valence-electron chi connectivity index (χ2n) is 15.5. The Morgan fingerprint density at radius 3 is 2.02 bits per heavy atom. The van der Waals surface area contributed by atoms with Crippen LogP contribution in [0.4, 0.5) is 0 Å². The number of hydrogen-bond acceptors (Lipinski definition) is 3. The van der Waals surface area contributed by atoms with Crippen LogP contribution < -0.4 is 5.19 Å². The second kappa shape index (κ2) is 18.6. The molecule has 1 radical (unpaired) electrons. The molecule has 291 valence electrons. The third kappa shape index (κ3) is 9.62. The second-order valence-corrected chi connectivity index (χ2v) is 20.6. The Labute approximate surface area is 358 Å². The number of hydrogen-bond donors (Lipinski definition) is 0. The smallest absolute Gasteiger partial charge is 0.121 e. The number of rotatable bonds is 10. The predicted octanol–water partition coefficient (Wildman–Crippen LogP) is 14.0. The number of furan rings is 1. The number of nitrogens with zero attached hydrogens (tertiary/aromatic N) is 2. The van der Waals surface area contributed by atoms with Crippen LogP contribution in [-0.4, -0.2) is 18.0 Å². The van der Waals surface area contributed by atoms with Crippen molar-refractivity contribution in [3.63, 3.8) is 0 Å². The van der Waals surface area contributed by atoms with Crippen molar-refractivity contribution in [2.75, 3.05) is 0 Å². The fraction of sp³-hybridized carbons (Fsp3) is 0.231. The third-order valence-corrected chi connectivity index (χ3v) is 12.2. The van der Waals surface area contributed by atoms with Gasteiger partial charge < -0.3 is 14.4 Å². The maximum absolute atomic E-state index is 8.81. The summed E-state index contributed by atoms with van der Waals surface area (Å²) in [5.74, 6) is -0.721. The molecule has 0 unspecified atom stereocenters. The molecule has 0 spiro atoms. The van der Waals surface area contributed by atoms with Gasteiger partial charge in [0.15, 0.2) is 0 Å². The number of pyridine rings is 2. The molecule has 0 atom stereocenters. The van der Waals surface area contributed by atoms with E-state index in [1.54, 1.807) is 6.20 Å². The first-order valence-electron chi connectivity index (χ1n) is 21.2. The van der Waals surface area contributed by atoms with Gasteiger partial charge in [-0.25, -0.2) is 0 Å². The molecular formula is C52H52IrN2OSi-2. The minimum Gasteiger partial charge on any atom is -0.501 e. The standard InChI is InChI=1S/C28H24NO.C24H28NSi.Ir/c1-3-19(4-2)22-15-16-29-26(17-22)25-12-8-11-24-23-14-13-21(18-27(23)30-28(24)25)20-9-6-5-7-10-20;1-18(2)14-22-16-23(25-17-24(22)26(3,4)5)21-13-9-12-20(15-21)19-10-7-6-8-11-19;/h5-11,13-19H,3-4H2,1-2H3;6-12,15-18H,14H2,1-5H3;/q2*-1;/i19D;14D2;. The summed E-state index contributed by atoms with van der Waals surface area (Å²) in [5.41, 5.74) is 11.3. The van der Waals surface area contributed by atoms with E-state index in [0.717, 1.165) is 95.9 Å². The summed E-state index contributed by atoms with van der Waals surface area (Å²) in [7, 11) is -1.73. The summed E-state index contributed by atoms with van der Waals surface area (Å²) < 4.78 is 32.6.